The minimum Gasteiger partial charge on any atom is -0.371 e. The van der Waals surface area contributed by atoms with Crippen LogP contribution >= 0.6 is 0 Å². The molecule has 1 aliphatic rings. The van der Waals surface area contributed by atoms with Crippen molar-refractivity contribution in [2.75, 3.05) is 22.9 Å². The number of alkyl halides is 9. The van der Waals surface area contributed by atoms with Crippen LogP contribution in [-0.4, -0.2) is 33.3 Å². The largest absolute Gasteiger partial charge is 0.416 e. The van der Waals surface area contributed by atoms with Crippen LogP contribution in [0, 0.1) is 19.3 Å². The Kier molecular flexibility index (Phi) is 9.74. The lowest BCUT2D eigenvalue weighted by atomic mass is 9.88. The summed E-state index contributed by atoms with van der Waals surface area (Å²) in [5.74, 6) is 0.125. The molecule has 0 saturated heterocycles. The van der Waals surface area contributed by atoms with E-state index in [1.165, 1.54) is 24.9 Å². The smallest absolute Gasteiger partial charge is 0.371 e. The molecule has 0 spiro atoms. The van der Waals surface area contributed by atoms with Gasteiger partial charge in [-0.1, -0.05) is 11.2 Å². The molecule has 0 atom stereocenters. The molecule has 15 heteroatoms. The third-order valence-corrected chi connectivity index (χ3v) is 7.65. The first-order chi connectivity index (χ1) is 20.5. The fourth-order valence-electron chi connectivity index (χ4n) is 5.51. The predicted molar refractivity (Wildman–Crippen MR) is 145 cm³/mol. The molecule has 0 N–H and O–H groups in total. The van der Waals surface area contributed by atoms with Gasteiger partial charge in [-0.2, -0.15) is 44.3 Å². The monoisotopic (exact) mass is 635 g/mol. The van der Waals surface area contributed by atoms with Crippen LogP contribution in [0.3, 0.4) is 0 Å². The number of aromatic nitrogens is 4. The minimum absolute atomic E-state index is 0.0356. The summed E-state index contributed by atoms with van der Waals surface area (Å²) >= 11 is 0. The Morgan fingerprint density at radius 3 is 1.93 bits per heavy atom. The number of hydrogen-bond acceptors (Lipinski definition) is 5. The highest BCUT2D eigenvalue weighted by atomic mass is 19.4. The molecule has 1 heterocycles. The van der Waals surface area contributed by atoms with Crippen molar-refractivity contribution in [2.45, 2.75) is 71.1 Å². The Morgan fingerprint density at radius 1 is 0.818 bits per heavy atom. The molecule has 3 aromatic rings. The van der Waals surface area contributed by atoms with E-state index < -0.39 is 41.8 Å². The van der Waals surface area contributed by atoms with Gasteiger partial charge in [0.05, 0.1) is 23.7 Å². The molecule has 0 bridgehead atoms. The molecule has 1 fully saturated rings. The number of tetrazole rings is 1. The highest BCUT2D eigenvalue weighted by Crippen LogP contribution is 2.39. The van der Waals surface area contributed by atoms with Gasteiger partial charge in [0.1, 0.15) is 0 Å². The summed E-state index contributed by atoms with van der Waals surface area (Å²) in [5.41, 5.74) is -3.56. The molecule has 1 aromatic heterocycles. The van der Waals surface area contributed by atoms with Crippen molar-refractivity contribution in [2.24, 2.45) is 13.0 Å². The van der Waals surface area contributed by atoms with E-state index in [4.69, 9.17) is 0 Å². The Morgan fingerprint density at radius 2 is 1.43 bits per heavy atom. The van der Waals surface area contributed by atoms with Crippen LogP contribution in [0.5, 0.6) is 0 Å². The van der Waals surface area contributed by atoms with E-state index in [2.05, 4.69) is 21.8 Å². The van der Waals surface area contributed by atoms with Gasteiger partial charge in [0.2, 0.25) is 0 Å². The first-order valence-corrected chi connectivity index (χ1v) is 14.0. The van der Waals surface area contributed by atoms with Crippen LogP contribution in [0.2, 0.25) is 0 Å². The number of rotatable bonds is 9. The van der Waals surface area contributed by atoms with Gasteiger partial charge in [-0.05, 0) is 98.0 Å². The maximum Gasteiger partial charge on any atom is 0.416 e. The van der Waals surface area contributed by atoms with Crippen molar-refractivity contribution in [3.8, 4) is 0 Å². The van der Waals surface area contributed by atoms with Crippen molar-refractivity contribution in [3.63, 3.8) is 0 Å². The van der Waals surface area contributed by atoms with Gasteiger partial charge >= 0.3 is 18.5 Å². The van der Waals surface area contributed by atoms with E-state index in [-0.39, 0.29) is 41.3 Å². The normalized spacial score (nSPS) is 15.1. The maximum absolute atomic E-state index is 14.0. The second-order valence-electron chi connectivity index (χ2n) is 11.0. The molecule has 44 heavy (non-hydrogen) atoms. The first kappa shape index (κ1) is 33.4. The second-order valence-corrected chi connectivity index (χ2v) is 11.0. The third-order valence-electron chi connectivity index (χ3n) is 7.65. The molecule has 4 rings (SSSR count). The number of nitrogens with zero attached hydrogens (tertiary/aromatic N) is 6. The molecule has 0 unspecified atom stereocenters. The number of benzene rings is 2. The highest BCUT2D eigenvalue weighted by Gasteiger charge is 2.38. The van der Waals surface area contributed by atoms with Crippen LogP contribution in [0.25, 0.3) is 0 Å². The van der Waals surface area contributed by atoms with Crippen LogP contribution < -0.4 is 9.80 Å². The fraction of sp³-hybridized carbons (Fsp3) is 0.517. The summed E-state index contributed by atoms with van der Waals surface area (Å²) in [6.45, 7) is 3.25. The Hall–Kier alpha value is -3.52. The summed E-state index contributed by atoms with van der Waals surface area (Å²) in [5, 5.41) is 11.7. The van der Waals surface area contributed by atoms with Gasteiger partial charge < -0.3 is 9.80 Å². The average Bonchev–Trinajstić information content (AvgIpc) is 3.36. The Labute approximate surface area is 248 Å². The van der Waals surface area contributed by atoms with Gasteiger partial charge in [-0.25, -0.2) is 0 Å². The Balaban J connectivity index is 1.80. The van der Waals surface area contributed by atoms with E-state index in [9.17, 15) is 39.5 Å². The molecule has 1 aliphatic carbocycles. The maximum atomic E-state index is 14.0. The predicted octanol–water partition coefficient (Wildman–Crippen LogP) is 8.00. The van der Waals surface area contributed by atoms with Gasteiger partial charge in [-0.3, -0.25) is 0 Å². The number of halogens is 9. The molecule has 1 saturated carbocycles. The summed E-state index contributed by atoms with van der Waals surface area (Å²) in [6.07, 6.45) is -9.00. The highest BCUT2D eigenvalue weighted by molar-refractivity contribution is 5.59. The van der Waals surface area contributed by atoms with Crippen molar-refractivity contribution >= 4 is 11.6 Å². The summed E-state index contributed by atoms with van der Waals surface area (Å²) in [7, 11) is 1.43. The molecular weight excluding hydrogens is 603 g/mol. The quantitative estimate of drug-likeness (QED) is 0.223. The SMILES string of the molecule is CCN(CC1CC[CH]CC1)c1cc(C(F)(F)F)c(C)cc1CN(Cc1cc(C(F)(F)F)cc(C(F)(F)F)c1)c1nnn(C)n1. The lowest BCUT2D eigenvalue weighted by Crippen LogP contribution is -2.33. The van der Waals surface area contributed by atoms with E-state index in [0.29, 0.717) is 30.8 Å². The summed E-state index contributed by atoms with van der Waals surface area (Å²) < 4.78 is 124. The lowest BCUT2D eigenvalue weighted by molar-refractivity contribution is -0.143. The van der Waals surface area contributed by atoms with Gasteiger partial charge in [0.15, 0.2) is 0 Å². The topological polar surface area (TPSA) is 50.1 Å². The first-order valence-electron chi connectivity index (χ1n) is 14.0. The van der Waals surface area contributed by atoms with Crippen molar-refractivity contribution < 1.29 is 39.5 Å². The minimum atomic E-state index is -5.05. The van der Waals surface area contributed by atoms with Crippen LogP contribution in [0.4, 0.5) is 51.1 Å². The molecule has 241 valence electrons. The molecule has 6 nitrogen and oxygen atoms in total. The van der Waals surface area contributed by atoms with Gasteiger partial charge in [-0.15, -0.1) is 5.10 Å². The van der Waals surface area contributed by atoms with Gasteiger partial charge in [0.25, 0.3) is 5.95 Å². The Bertz CT molecular complexity index is 1390. The summed E-state index contributed by atoms with van der Waals surface area (Å²) in [6, 6.07) is 3.67. The number of anilines is 2. The standard InChI is InChI=1S/C29H32F9N6/c1-4-43(15-19-8-6-5-7-9-19)25-14-24(29(36,37)38)18(2)10-21(25)17-44(26-39-41-42(3)40-26)16-20-11-22(27(30,31)32)13-23(12-20)28(33,34)35/h5,10-14,19H,4,6-9,15-17H2,1-3H3. The molecule has 0 amide bonds. The van der Waals surface area contributed by atoms with E-state index in [1.54, 1.807) is 0 Å². The van der Waals surface area contributed by atoms with Gasteiger partial charge in [0, 0.05) is 31.9 Å². The lowest BCUT2D eigenvalue weighted by Gasteiger charge is -2.33. The zero-order valence-corrected chi connectivity index (χ0v) is 24.3. The summed E-state index contributed by atoms with van der Waals surface area (Å²) in [4.78, 5) is 4.21. The van der Waals surface area contributed by atoms with Crippen molar-refractivity contribution in [3.05, 3.63) is 70.1 Å². The molecular formula is C29H32F9N6. The fourth-order valence-corrected chi connectivity index (χ4v) is 5.51. The van der Waals surface area contributed by atoms with Crippen LogP contribution in [0.15, 0.2) is 30.3 Å². The zero-order valence-electron chi connectivity index (χ0n) is 24.3. The molecule has 1 radical (unpaired) electrons. The second kappa shape index (κ2) is 12.8. The number of aryl methyl sites for hydroxylation is 2. The van der Waals surface area contributed by atoms with E-state index >= 15 is 0 Å². The zero-order chi connectivity index (χ0) is 32.4. The molecule has 2 aromatic carbocycles. The number of hydrogen-bond donors (Lipinski definition) is 0. The molecule has 0 aliphatic heterocycles. The van der Waals surface area contributed by atoms with E-state index in [1.807, 2.05) is 11.8 Å². The van der Waals surface area contributed by atoms with Crippen LogP contribution in [0.1, 0.15) is 66.0 Å². The van der Waals surface area contributed by atoms with Crippen LogP contribution in [-0.2, 0) is 38.7 Å². The third kappa shape index (κ3) is 8.14. The van der Waals surface area contributed by atoms with Crippen molar-refractivity contribution in [1.82, 2.24) is 20.2 Å². The average molecular weight is 636 g/mol. The van der Waals surface area contributed by atoms with Crippen molar-refractivity contribution in [1.29, 1.82) is 0 Å². The van der Waals surface area contributed by atoms with E-state index in [0.717, 1.165) is 36.5 Å².